The van der Waals surface area contributed by atoms with Gasteiger partial charge in [-0.3, -0.25) is 9.38 Å². The second-order valence-electron chi connectivity index (χ2n) is 3.86. The first-order valence-electron chi connectivity index (χ1n) is 5.53. The van der Waals surface area contributed by atoms with Crippen LogP contribution in [0.25, 0.3) is 4.96 Å². The van der Waals surface area contributed by atoms with Crippen LogP contribution >= 0.6 is 11.3 Å². The first-order valence-corrected chi connectivity index (χ1v) is 6.41. The Labute approximate surface area is 108 Å². The summed E-state index contributed by atoms with van der Waals surface area (Å²) < 4.78 is 7.68. The Balaban J connectivity index is 1.98. The average Bonchev–Trinajstić information content (AvgIpc) is 2.92. The Bertz CT molecular complexity index is 671. The van der Waals surface area contributed by atoms with Crippen LogP contribution in [0.1, 0.15) is 11.4 Å². The fourth-order valence-electron chi connectivity index (χ4n) is 1.71. The Morgan fingerprint density at radius 1 is 1.44 bits per heavy atom. The number of hydrogen-bond donors (Lipinski definition) is 1. The number of hydrogen-bond acceptors (Lipinski definition) is 5. The predicted octanol–water partition coefficient (Wildman–Crippen LogP) is 2.35. The van der Waals surface area contributed by atoms with Crippen molar-refractivity contribution in [3.8, 4) is 11.6 Å². The maximum atomic E-state index is 5.75. The molecule has 0 saturated carbocycles. The number of fused-ring (bicyclic) bond motifs is 1. The second-order valence-corrected chi connectivity index (χ2v) is 4.73. The molecule has 0 aliphatic carbocycles. The molecule has 92 valence electrons. The van der Waals surface area contributed by atoms with Crippen molar-refractivity contribution in [2.45, 2.75) is 13.5 Å². The van der Waals surface area contributed by atoms with Crippen molar-refractivity contribution in [1.29, 1.82) is 0 Å². The Morgan fingerprint density at radius 3 is 3.06 bits per heavy atom. The molecule has 0 saturated heterocycles. The van der Waals surface area contributed by atoms with Crippen LogP contribution in [0, 0.1) is 6.92 Å². The summed E-state index contributed by atoms with van der Waals surface area (Å²) in [7, 11) is 0. The predicted molar refractivity (Wildman–Crippen MR) is 70.0 cm³/mol. The summed E-state index contributed by atoms with van der Waals surface area (Å²) in [6.45, 7) is 2.31. The van der Waals surface area contributed by atoms with Crippen LogP contribution in [0.4, 0.5) is 0 Å². The molecule has 0 bridgehead atoms. The van der Waals surface area contributed by atoms with Crippen LogP contribution in [-0.4, -0.2) is 14.4 Å². The smallest absolute Gasteiger partial charge is 0.243 e. The molecule has 5 nitrogen and oxygen atoms in total. The van der Waals surface area contributed by atoms with Crippen LogP contribution in [0.5, 0.6) is 11.6 Å². The van der Waals surface area contributed by atoms with Crippen LogP contribution in [0.15, 0.2) is 29.9 Å². The highest BCUT2D eigenvalue weighted by atomic mass is 32.1. The van der Waals surface area contributed by atoms with E-state index in [-0.39, 0.29) is 0 Å². The van der Waals surface area contributed by atoms with E-state index in [1.807, 2.05) is 35.0 Å². The molecule has 0 aliphatic rings. The van der Waals surface area contributed by atoms with Crippen molar-refractivity contribution in [2.24, 2.45) is 5.73 Å². The molecular weight excluding hydrogens is 248 g/mol. The first-order chi connectivity index (χ1) is 8.78. The third-order valence-electron chi connectivity index (χ3n) is 2.62. The van der Waals surface area contributed by atoms with Crippen molar-refractivity contribution >= 4 is 16.3 Å². The monoisotopic (exact) mass is 260 g/mol. The zero-order chi connectivity index (χ0) is 12.5. The van der Waals surface area contributed by atoms with E-state index in [9.17, 15) is 0 Å². The number of pyridine rings is 1. The van der Waals surface area contributed by atoms with E-state index < -0.39 is 0 Å². The van der Waals surface area contributed by atoms with Gasteiger partial charge in [-0.25, -0.2) is 0 Å². The van der Waals surface area contributed by atoms with Crippen LogP contribution in [0.2, 0.25) is 0 Å². The minimum absolute atomic E-state index is 0.381. The number of nitrogens with zero attached hydrogens (tertiary/aromatic N) is 3. The van der Waals surface area contributed by atoms with Gasteiger partial charge in [0.05, 0.1) is 6.20 Å². The molecule has 6 heteroatoms. The van der Waals surface area contributed by atoms with Gasteiger partial charge in [-0.2, -0.15) is 4.98 Å². The highest BCUT2D eigenvalue weighted by Gasteiger charge is 2.13. The summed E-state index contributed by atoms with van der Waals surface area (Å²) in [5.41, 5.74) is 7.56. The van der Waals surface area contributed by atoms with Gasteiger partial charge in [0.2, 0.25) is 5.88 Å². The molecule has 3 aromatic heterocycles. The van der Waals surface area contributed by atoms with E-state index in [1.165, 1.54) is 0 Å². The molecule has 0 unspecified atom stereocenters. The Hall–Kier alpha value is -1.92. The molecule has 0 atom stereocenters. The van der Waals surface area contributed by atoms with E-state index >= 15 is 0 Å². The highest BCUT2D eigenvalue weighted by molar-refractivity contribution is 7.15. The quantitative estimate of drug-likeness (QED) is 0.785. The van der Waals surface area contributed by atoms with Gasteiger partial charge in [0.1, 0.15) is 11.4 Å². The maximum Gasteiger partial charge on any atom is 0.243 e. The summed E-state index contributed by atoms with van der Waals surface area (Å²) in [5, 5.41) is 1.97. The van der Waals surface area contributed by atoms with Gasteiger partial charge in [0, 0.05) is 23.8 Å². The molecule has 0 radical (unpaired) electrons. The highest BCUT2D eigenvalue weighted by Crippen LogP contribution is 2.27. The molecule has 3 rings (SSSR count). The first kappa shape index (κ1) is 11.2. The van der Waals surface area contributed by atoms with Crippen LogP contribution in [-0.2, 0) is 6.54 Å². The summed E-state index contributed by atoms with van der Waals surface area (Å²) in [6.07, 6.45) is 3.62. The zero-order valence-electron chi connectivity index (χ0n) is 9.83. The van der Waals surface area contributed by atoms with Gasteiger partial charge in [0.15, 0.2) is 4.96 Å². The standard InChI is InChI=1S/C12H12N4OS/c1-8-2-3-9(7-14-8)17-11-10(6-13)16-4-5-18-12(16)15-11/h2-5,7H,6,13H2,1H3. The van der Waals surface area contributed by atoms with Crippen molar-refractivity contribution in [2.75, 3.05) is 0 Å². The fourth-order valence-corrected chi connectivity index (χ4v) is 2.43. The molecule has 0 fully saturated rings. The van der Waals surface area contributed by atoms with Crippen molar-refractivity contribution in [3.05, 3.63) is 41.3 Å². The van der Waals surface area contributed by atoms with E-state index in [0.29, 0.717) is 18.2 Å². The van der Waals surface area contributed by atoms with Crippen LogP contribution in [0.3, 0.4) is 0 Å². The van der Waals surface area contributed by atoms with Gasteiger partial charge in [0.25, 0.3) is 0 Å². The normalized spacial score (nSPS) is 11.0. The Kier molecular flexibility index (Phi) is 2.73. The minimum Gasteiger partial charge on any atom is -0.436 e. The number of aromatic nitrogens is 3. The molecule has 3 aromatic rings. The molecule has 0 spiro atoms. The fraction of sp³-hybridized carbons (Fsp3) is 0.167. The van der Waals surface area contributed by atoms with Crippen molar-refractivity contribution in [1.82, 2.24) is 14.4 Å². The van der Waals surface area contributed by atoms with Gasteiger partial charge in [-0.05, 0) is 19.1 Å². The molecule has 0 aliphatic heterocycles. The average molecular weight is 260 g/mol. The topological polar surface area (TPSA) is 65.4 Å². The van der Waals surface area contributed by atoms with Gasteiger partial charge < -0.3 is 10.5 Å². The summed E-state index contributed by atoms with van der Waals surface area (Å²) >= 11 is 1.55. The summed E-state index contributed by atoms with van der Waals surface area (Å²) in [5.74, 6) is 1.22. The van der Waals surface area contributed by atoms with Gasteiger partial charge >= 0.3 is 0 Å². The van der Waals surface area contributed by atoms with E-state index in [2.05, 4.69) is 9.97 Å². The molecular formula is C12H12N4OS. The van der Waals surface area contributed by atoms with Crippen LogP contribution < -0.4 is 10.5 Å². The molecule has 0 aromatic carbocycles. The maximum absolute atomic E-state index is 5.75. The van der Waals surface area contributed by atoms with E-state index in [1.54, 1.807) is 17.5 Å². The lowest BCUT2D eigenvalue weighted by Crippen LogP contribution is -2.01. The number of ether oxygens (including phenoxy) is 1. The molecule has 3 heterocycles. The zero-order valence-corrected chi connectivity index (χ0v) is 10.6. The largest absolute Gasteiger partial charge is 0.436 e. The number of rotatable bonds is 3. The third kappa shape index (κ3) is 1.85. The van der Waals surface area contributed by atoms with Crippen molar-refractivity contribution < 1.29 is 4.74 Å². The number of imidazole rings is 1. The second kappa shape index (κ2) is 4.40. The lowest BCUT2D eigenvalue weighted by Gasteiger charge is -2.04. The molecule has 0 amide bonds. The number of nitrogens with two attached hydrogens (primary N) is 1. The molecule has 2 N–H and O–H groups in total. The molecule has 18 heavy (non-hydrogen) atoms. The number of aryl methyl sites for hydroxylation is 1. The summed E-state index contributed by atoms with van der Waals surface area (Å²) in [4.78, 5) is 9.48. The van der Waals surface area contributed by atoms with E-state index in [4.69, 9.17) is 10.5 Å². The van der Waals surface area contributed by atoms with E-state index in [0.717, 1.165) is 16.3 Å². The third-order valence-corrected chi connectivity index (χ3v) is 3.37. The lowest BCUT2D eigenvalue weighted by atomic mass is 10.4. The Morgan fingerprint density at radius 2 is 2.33 bits per heavy atom. The SMILES string of the molecule is Cc1ccc(Oc2nc3sccn3c2CN)cn1. The minimum atomic E-state index is 0.381. The number of thiazole rings is 1. The van der Waals surface area contributed by atoms with Gasteiger partial charge in [-0.15, -0.1) is 11.3 Å². The lowest BCUT2D eigenvalue weighted by molar-refractivity contribution is 0.457. The van der Waals surface area contributed by atoms with Crippen molar-refractivity contribution in [3.63, 3.8) is 0 Å². The van der Waals surface area contributed by atoms with Gasteiger partial charge in [-0.1, -0.05) is 0 Å². The summed E-state index contributed by atoms with van der Waals surface area (Å²) in [6, 6.07) is 3.77.